The number of para-hydroxylation sites is 2. The molecule has 1 unspecified atom stereocenters. The molecule has 4 aromatic heterocycles. The zero-order chi connectivity index (χ0) is 73.8. The topological polar surface area (TPSA) is 481 Å². The van der Waals surface area contributed by atoms with E-state index in [4.69, 9.17) is 11.5 Å². The summed E-state index contributed by atoms with van der Waals surface area (Å²) in [6.07, 6.45) is 8.84. The van der Waals surface area contributed by atoms with Crippen LogP contribution in [0.4, 0.5) is 0 Å². The standard InChI is InChI=1S/C69H86N20O12S3/c1-37-57(90)78-38(2)58(91)82-52(25-41-29-75-47-18-9-7-16-45(41)47)65(98)88-68-69(101)89-36-102-33-56(89)67(100)86-54(27-43-31-73-35-77-43)64(97)83-50(23-39-13-4-3-5-14-39)61(94)85-53(26-42-30-72-34-76-42)63(96)84-51(24-40-28-74-46-17-8-6-15-44(40)46)62(95)87-55(32-103-104-68)66(99)81-48(19-10-11-21-70)60(93)80-49(20-12-22-71)59(92)79-37/h3-9,13-18,28-31,34-35,37-38,48-56,68,74-75H,10-12,19-27,32-33,36,70-71H2,1-2H3,(H,72,76)(H,73,77)(H,78,90)(H,79,92)(H,80,93)(H,81,99)(H,82,91)(H,83,97)(H,84,96)(H,85,94)(H,86,100)(H,87,95)(H,88,98)/t37-,38-,48-,49-,50+,51-,52-,53-,54-,55?,56-,68-/m0/s1. The first kappa shape index (κ1) is 76.4. The van der Waals surface area contributed by atoms with Crippen LogP contribution in [0.5, 0.6) is 0 Å². The van der Waals surface area contributed by atoms with E-state index in [2.05, 4.69) is 88.4 Å². The van der Waals surface area contributed by atoms with E-state index < -0.39 is 148 Å². The van der Waals surface area contributed by atoms with Crippen molar-refractivity contribution in [2.24, 2.45) is 11.5 Å². The highest BCUT2D eigenvalue weighted by atomic mass is 33.1. The minimum absolute atomic E-state index is 0.0157. The van der Waals surface area contributed by atoms with Gasteiger partial charge in [0, 0.05) is 90.2 Å². The van der Waals surface area contributed by atoms with Crippen molar-refractivity contribution in [3.63, 3.8) is 0 Å². The molecule has 3 aliphatic rings. The number of nitrogens with two attached hydrogens (primary N) is 2. The summed E-state index contributed by atoms with van der Waals surface area (Å²) in [6.45, 7) is 3.02. The third-order valence-electron chi connectivity index (χ3n) is 18.0. The van der Waals surface area contributed by atoms with Crippen molar-refractivity contribution in [1.82, 2.24) is 93.3 Å². The lowest BCUT2D eigenvalue weighted by atomic mass is 10.0. The van der Waals surface area contributed by atoms with Crippen molar-refractivity contribution in [1.29, 1.82) is 0 Å². The summed E-state index contributed by atoms with van der Waals surface area (Å²) in [5.41, 5.74) is 15.6. The van der Waals surface area contributed by atoms with E-state index in [-0.39, 0.29) is 82.5 Å². The molecule has 10 rings (SSSR count). The van der Waals surface area contributed by atoms with Gasteiger partial charge in [-0.2, -0.15) is 0 Å². The number of imidazole rings is 2. The number of amides is 12. The molecule has 3 aliphatic heterocycles. The number of aromatic nitrogens is 6. The number of fused-ring (bicyclic) bond motifs is 7. The van der Waals surface area contributed by atoms with Gasteiger partial charge in [0.05, 0.1) is 29.9 Å². The largest absolute Gasteiger partial charge is 0.361 e. The summed E-state index contributed by atoms with van der Waals surface area (Å²) in [7, 11) is 1.55. The van der Waals surface area contributed by atoms with Crippen molar-refractivity contribution < 1.29 is 57.5 Å². The molecule has 3 fully saturated rings. The smallest absolute Gasteiger partial charge is 0.257 e. The average molecular weight is 1480 g/mol. The van der Waals surface area contributed by atoms with Crippen molar-refractivity contribution in [3.8, 4) is 0 Å². The fraction of sp³-hybridized carbons (Fsp3) is 0.420. The zero-order valence-corrected chi connectivity index (χ0v) is 59.6. The van der Waals surface area contributed by atoms with Gasteiger partial charge in [-0.25, -0.2) is 9.97 Å². The molecule has 0 spiro atoms. The normalized spacial score (nSPS) is 25.2. The molecule has 12 amide bonds. The Hall–Kier alpha value is -10.2. The van der Waals surface area contributed by atoms with E-state index in [0.717, 1.165) is 21.6 Å². The molecule has 0 radical (unpaired) electrons. The highest BCUT2D eigenvalue weighted by Gasteiger charge is 2.43. The summed E-state index contributed by atoms with van der Waals surface area (Å²) < 4.78 is 0. The second-order valence-corrected chi connectivity index (χ2v) is 29.1. The summed E-state index contributed by atoms with van der Waals surface area (Å²) in [6, 6.07) is 7.13. The Labute approximate surface area is 609 Å². The van der Waals surface area contributed by atoms with Crippen LogP contribution < -0.4 is 70.0 Å². The molecule has 7 aromatic rings. The number of unbranched alkanes of at least 4 members (excludes halogenated alkanes) is 1. The number of nitrogens with zero attached hydrogens (tertiary/aromatic N) is 3. The molecule has 552 valence electrons. The molecular weight excluding hydrogens is 1400 g/mol. The van der Waals surface area contributed by atoms with Crippen molar-refractivity contribution in [2.75, 3.05) is 30.5 Å². The SMILES string of the molecule is C[C@@H]1NC(=O)[C@H](C)NC(=O)[C@H](CCCN)NC(=O)[C@H](CCCCN)NC(=O)C2CSS[C@H](NC(=O)[C@H](Cc3c[nH]c4ccccc34)NC1=O)C(=O)N1CSC[C@H]1C(=O)N[C@@H](Cc1c[nH]cn1)C(=O)N[C@H](Cc1ccccc1)C(=O)N[C@@H](Cc1c[nH]cn1)C(=O)N[C@@H](Cc1c[nH]c3ccccc13)C(=O)N2. The maximum Gasteiger partial charge on any atom is 0.257 e. The van der Waals surface area contributed by atoms with Crippen LogP contribution in [0.1, 0.15) is 74.0 Å². The average Bonchev–Trinajstić information content (AvgIpc) is 1.76. The predicted octanol–water partition coefficient (Wildman–Crippen LogP) is -0.883. The second-order valence-electron chi connectivity index (χ2n) is 25.6. The van der Waals surface area contributed by atoms with Crippen LogP contribution in [0.2, 0.25) is 0 Å². The van der Waals surface area contributed by atoms with Gasteiger partial charge >= 0.3 is 0 Å². The molecule has 0 aliphatic carbocycles. The van der Waals surface area contributed by atoms with Crippen LogP contribution in [-0.4, -0.2) is 208 Å². The fourth-order valence-corrected chi connectivity index (χ4v) is 15.8. The Morgan fingerprint density at radius 2 is 0.875 bits per heavy atom. The number of nitrogens with one attached hydrogen (secondary N) is 15. The lowest BCUT2D eigenvalue weighted by Crippen LogP contribution is -2.62. The van der Waals surface area contributed by atoms with Crippen LogP contribution >= 0.6 is 33.3 Å². The van der Waals surface area contributed by atoms with E-state index in [0.29, 0.717) is 56.3 Å². The highest BCUT2D eigenvalue weighted by Crippen LogP contribution is 2.32. The Bertz CT molecular complexity index is 4180. The number of thioether (sulfide) groups is 1. The lowest BCUT2D eigenvalue weighted by Gasteiger charge is -2.31. The summed E-state index contributed by atoms with van der Waals surface area (Å²) in [5.74, 6) is -11.0. The Morgan fingerprint density at radius 3 is 1.43 bits per heavy atom. The third-order valence-corrected chi connectivity index (χ3v) is 21.5. The molecule has 12 atom stereocenters. The first-order valence-corrected chi connectivity index (χ1v) is 37.8. The minimum atomic E-state index is -1.69. The van der Waals surface area contributed by atoms with Gasteiger partial charge in [0.1, 0.15) is 66.5 Å². The van der Waals surface area contributed by atoms with Gasteiger partial charge in [-0.1, -0.05) is 88.3 Å². The van der Waals surface area contributed by atoms with Crippen molar-refractivity contribution in [3.05, 3.63) is 144 Å². The fourth-order valence-electron chi connectivity index (χ4n) is 12.2. The maximum absolute atomic E-state index is 15.7. The minimum Gasteiger partial charge on any atom is -0.361 e. The second kappa shape index (κ2) is 36.8. The van der Waals surface area contributed by atoms with Gasteiger partial charge in [-0.05, 0) is 87.9 Å². The predicted molar refractivity (Wildman–Crippen MR) is 391 cm³/mol. The summed E-state index contributed by atoms with van der Waals surface area (Å²) in [4.78, 5) is 202. The Kier molecular flexibility index (Phi) is 27.0. The van der Waals surface area contributed by atoms with Gasteiger partial charge in [-0.15, -0.1) is 11.8 Å². The Balaban J connectivity index is 1.10. The monoisotopic (exact) mass is 1480 g/mol. The zero-order valence-electron chi connectivity index (χ0n) is 57.1. The van der Waals surface area contributed by atoms with Crippen LogP contribution in [0.15, 0.2) is 116 Å². The van der Waals surface area contributed by atoms with Gasteiger partial charge in [0.25, 0.3) is 5.91 Å². The molecule has 3 saturated heterocycles. The quantitative estimate of drug-likeness (QED) is 0.0389. The van der Waals surface area contributed by atoms with Crippen LogP contribution in [-0.2, 0) is 89.6 Å². The van der Waals surface area contributed by atoms with Gasteiger partial charge in [0.2, 0.25) is 65.0 Å². The number of benzene rings is 3. The number of rotatable bonds is 17. The van der Waals surface area contributed by atoms with Gasteiger partial charge < -0.3 is 94.8 Å². The summed E-state index contributed by atoms with van der Waals surface area (Å²) >= 11 is 1.19. The van der Waals surface area contributed by atoms with E-state index in [1.54, 1.807) is 79.1 Å². The van der Waals surface area contributed by atoms with Gasteiger partial charge in [-0.3, -0.25) is 57.5 Å². The first-order valence-electron chi connectivity index (χ1n) is 34.2. The molecular formula is C69H86N20O12S3. The van der Waals surface area contributed by atoms with Crippen LogP contribution in [0.25, 0.3) is 21.8 Å². The number of carbonyl (C=O) groups excluding carboxylic acids is 12. The third kappa shape index (κ3) is 20.3. The molecule has 0 saturated carbocycles. The van der Waals surface area contributed by atoms with Crippen molar-refractivity contribution in [2.45, 2.75) is 150 Å². The van der Waals surface area contributed by atoms with Crippen LogP contribution in [0, 0.1) is 0 Å². The first-order chi connectivity index (χ1) is 50.2. The molecule has 104 heavy (non-hydrogen) atoms. The molecule has 3 aromatic carbocycles. The number of aromatic amines is 4. The van der Waals surface area contributed by atoms with E-state index in [9.17, 15) is 19.2 Å². The number of carbonyl (C=O) groups is 12. The molecule has 2 bridgehead atoms. The molecule has 32 nitrogen and oxygen atoms in total. The van der Waals surface area contributed by atoms with Crippen molar-refractivity contribution >= 4 is 126 Å². The Morgan fingerprint density at radius 1 is 0.433 bits per heavy atom. The maximum atomic E-state index is 15.7. The van der Waals surface area contributed by atoms with E-state index >= 15 is 38.4 Å². The molecule has 7 heterocycles. The number of hydrogen-bond donors (Lipinski definition) is 17. The van der Waals surface area contributed by atoms with E-state index in [1.807, 2.05) is 12.1 Å². The number of H-pyrrole nitrogens is 4. The highest BCUT2D eigenvalue weighted by molar-refractivity contribution is 8.77. The van der Waals surface area contributed by atoms with E-state index in [1.165, 1.54) is 55.6 Å². The number of hydrogen-bond acceptors (Lipinski definition) is 19. The summed E-state index contributed by atoms with van der Waals surface area (Å²) in [5, 5.41) is 30.1. The lowest BCUT2D eigenvalue weighted by molar-refractivity contribution is -0.140. The molecule has 35 heteroatoms. The van der Waals surface area contributed by atoms with Crippen LogP contribution in [0.3, 0.4) is 0 Å². The van der Waals surface area contributed by atoms with Gasteiger partial charge in [0.15, 0.2) is 5.37 Å². The molecule has 19 N–H and O–H groups in total.